The minimum Gasteiger partial charge on any atom is -0.494 e. The van der Waals surface area contributed by atoms with Crippen molar-refractivity contribution in [2.75, 3.05) is 13.2 Å². The van der Waals surface area contributed by atoms with E-state index >= 15 is 0 Å². The molecule has 0 aliphatic rings. The molecule has 1 atom stereocenters. The van der Waals surface area contributed by atoms with Gasteiger partial charge in [0.05, 0.1) is 19.3 Å². The molecule has 0 amide bonds. The molecule has 2 aromatic rings. The molecule has 0 saturated heterocycles. The van der Waals surface area contributed by atoms with Gasteiger partial charge in [-0.1, -0.05) is 12.1 Å². The number of aromatic nitrogens is 2. The predicted molar refractivity (Wildman–Crippen MR) is 81.0 cm³/mol. The third kappa shape index (κ3) is 4.10. The molecule has 1 aromatic heterocycles. The zero-order chi connectivity index (χ0) is 14.4. The van der Waals surface area contributed by atoms with Crippen molar-refractivity contribution < 1.29 is 4.74 Å². The Morgan fingerprint density at radius 1 is 1.30 bits per heavy atom. The predicted octanol–water partition coefficient (Wildman–Crippen LogP) is 2.94. The van der Waals surface area contributed by atoms with E-state index in [4.69, 9.17) is 4.74 Å². The number of ether oxygens (including phenoxy) is 1. The van der Waals surface area contributed by atoms with Gasteiger partial charge in [-0.3, -0.25) is 4.68 Å². The second kappa shape index (κ2) is 7.10. The first-order chi connectivity index (χ1) is 9.69. The summed E-state index contributed by atoms with van der Waals surface area (Å²) in [6.07, 6.45) is 3.94. The van der Waals surface area contributed by atoms with Gasteiger partial charge in [0.2, 0.25) is 0 Å². The Morgan fingerprint density at radius 3 is 2.65 bits per heavy atom. The minimum absolute atomic E-state index is 0.322. The molecule has 0 bridgehead atoms. The number of nitrogens with one attached hydrogen (secondary N) is 1. The van der Waals surface area contributed by atoms with Crippen molar-refractivity contribution >= 4 is 0 Å². The van der Waals surface area contributed by atoms with Gasteiger partial charge in [0.15, 0.2) is 0 Å². The molecule has 0 radical (unpaired) electrons. The van der Waals surface area contributed by atoms with Gasteiger partial charge >= 0.3 is 0 Å². The van der Waals surface area contributed by atoms with Crippen LogP contribution in [0.1, 0.15) is 31.0 Å². The van der Waals surface area contributed by atoms with Crippen LogP contribution in [0.25, 0.3) is 0 Å². The van der Waals surface area contributed by atoms with Crippen LogP contribution in [-0.2, 0) is 6.54 Å². The Morgan fingerprint density at radius 2 is 2.05 bits per heavy atom. The summed E-state index contributed by atoms with van der Waals surface area (Å²) in [4.78, 5) is 0. The standard InChI is InChI=1S/C16H23N3O/c1-4-20-16-7-5-15(6-8-16)14(3)17-9-10-19-12-13(2)11-18-19/h5-8,11-12,14,17H,4,9-10H2,1-3H3. The molecule has 4 heteroatoms. The van der Waals surface area contributed by atoms with Crippen LogP contribution in [0.2, 0.25) is 0 Å². The van der Waals surface area contributed by atoms with Crippen molar-refractivity contribution in [2.45, 2.75) is 33.4 Å². The summed E-state index contributed by atoms with van der Waals surface area (Å²) in [6.45, 7) is 8.71. The van der Waals surface area contributed by atoms with Crippen LogP contribution >= 0.6 is 0 Å². The maximum Gasteiger partial charge on any atom is 0.119 e. The fraction of sp³-hybridized carbons (Fsp3) is 0.438. The number of rotatable bonds is 7. The summed E-state index contributed by atoms with van der Waals surface area (Å²) in [6, 6.07) is 8.59. The van der Waals surface area contributed by atoms with Crippen molar-refractivity contribution in [3.8, 4) is 5.75 Å². The lowest BCUT2D eigenvalue weighted by Gasteiger charge is -2.15. The molecular formula is C16H23N3O. The summed E-state index contributed by atoms with van der Waals surface area (Å²) in [5.41, 5.74) is 2.47. The largest absolute Gasteiger partial charge is 0.494 e. The van der Waals surface area contributed by atoms with Crippen LogP contribution < -0.4 is 10.1 Å². The van der Waals surface area contributed by atoms with E-state index in [-0.39, 0.29) is 0 Å². The lowest BCUT2D eigenvalue weighted by atomic mass is 10.1. The highest BCUT2D eigenvalue weighted by molar-refractivity contribution is 5.28. The van der Waals surface area contributed by atoms with Crippen LogP contribution in [0.5, 0.6) is 5.75 Å². The summed E-state index contributed by atoms with van der Waals surface area (Å²) < 4.78 is 7.42. The van der Waals surface area contributed by atoms with E-state index in [1.54, 1.807) is 0 Å². The van der Waals surface area contributed by atoms with Gasteiger partial charge in [-0.25, -0.2) is 0 Å². The zero-order valence-corrected chi connectivity index (χ0v) is 12.5. The van der Waals surface area contributed by atoms with E-state index in [0.717, 1.165) is 18.8 Å². The van der Waals surface area contributed by atoms with Crippen molar-refractivity contribution in [1.29, 1.82) is 0 Å². The third-order valence-electron chi connectivity index (χ3n) is 3.24. The molecule has 0 saturated carbocycles. The van der Waals surface area contributed by atoms with Gasteiger partial charge in [-0.15, -0.1) is 0 Å². The highest BCUT2D eigenvalue weighted by atomic mass is 16.5. The number of hydrogen-bond acceptors (Lipinski definition) is 3. The molecule has 1 heterocycles. The van der Waals surface area contributed by atoms with Crippen LogP contribution in [0, 0.1) is 6.92 Å². The first-order valence-corrected chi connectivity index (χ1v) is 7.14. The molecule has 1 unspecified atom stereocenters. The lowest BCUT2D eigenvalue weighted by molar-refractivity contribution is 0.340. The van der Waals surface area contributed by atoms with Gasteiger partial charge < -0.3 is 10.1 Å². The Balaban J connectivity index is 1.80. The van der Waals surface area contributed by atoms with Crippen molar-refractivity contribution in [3.05, 3.63) is 47.8 Å². The van der Waals surface area contributed by atoms with E-state index < -0.39 is 0 Å². The number of aryl methyl sites for hydroxylation is 1. The minimum atomic E-state index is 0.322. The summed E-state index contributed by atoms with van der Waals surface area (Å²) in [5, 5.41) is 7.78. The highest BCUT2D eigenvalue weighted by Crippen LogP contribution is 2.17. The topological polar surface area (TPSA) is 39.1 Å². The van der Waals surface area contributed by atoms with E-state index in [0.29, 0.717) is 12.6 Å². The fourth-order valence-electron chi connectivity index (χ4n) is 2.12. The van der Waals surface area contributed by atoms with Gasteiger partial charge in [0, 0.05) is 18.8 Å². The second-order valence-corrected chi connectivity index (χ2v) is 4.96. The highest BCUT2D eigenvalue weighted by Gasteiger charge is 2.04. The first-order valence-electron chi connectivity index (χ1n) is 7.14. The normalized spacial score (nSPS) is 12.3. The molecule has 0 fully saturated rings. The second-order valence-electron chi connectivity index (χ2n) is 4.96. The molecule has 108 valence electrons. The average Bonchev–Trinajstić information content (AvgIpc) is 2.85. The van der Waals surface area contributed by atoms with E-state index in [9.17, 15) is 0 Å². The van der Waals surface area contributed by atoms with Crippen molar-refractivity contribution in [2.24, 2.45) is 0 Å². The van der Waals surface area contributed by atoms with Crippen LogP contribution in [0.3, 0.4) is 0 Å². The van der Waals surface area contributed by atoms with Gasteiger partial charge in [0.1, 0.15) is 5.75 Å². The molecule has 0 aliphatic heterocycles. The summed E-state index contributed by atoms with van der Waals surface area (Å²) in [5.74, 6) is 0.926. The van der Waals surface area contributed by atoms with E-state index in [2.05, 4.69) is 42.6 Å². The van der Waals surface area contributed by atoms with Crippen molar-refractivity contribution in [3.63, 3.8) is 0 Å². The maximum atomic E-state index is 5.45. The monoisotopic (exact) mass is 273 g/mol. The van der Waals surface area contributed by atoms with E-state index in [1.807, 2.05) is 29.9 Å². The number of hydrogen-bond donors (Lipinski definition) is 1. The maximum absolute atomic E-state index is 5.45. The average molecular weight is 273 g/mol. The van der Waals surface area contributed by atoms with Crippen LogP contribution in [-0.4, -0.2) is 22.9 Å². The van der Waals surface area contributed by atoms with Gasteiger partial charge in [-0.05, 0) is 44.0 Å². The lowest BCUT2D eigenvalue weighted by Crippen LogP contribution is -2.23. The molecule has 1 aromatic carbocycles. The fourth-order valence-corrected chi connectivity index (χ4v) is 2.12. The Hall–Kier alpha value is -1.81. The SMILES string of the molecule is CCOc1ccc(C(C)NCCn2cc(C)cn2)cc1. The smallest absolute Gasteiger partial charge is 0.119 e. The molecule has 4 nitrogen and oxygen atoms in total. The molecule has 0 aliphatic carbocycles. The molecule has 0 spiro atoms. The van der Waals surface area contributed by atoms with Gasteiger partial charge in [-0.2, -0.15) is 5.10 Å². The van der Waals surface area contributed by atoms with Crippen molar-refractivity contribution in [1.82, 2.24) is 15.1 Å². The zero-order valence-electron chi connectivity index (χ0n) is 12.5. The first kappa shape index (κ1) is 14.6. The summed E-state index contributed by atoms with van der Waals surface area (Å²) in [7, 11) is 0. The van der Waals surface area contributed by atoms with E-state index in [1.165, 1.54) is 11.1 Å². The Bertz CT molecular complexity index is 519. The number of nitrogens with zero attached hydrogens (tertiary/aromatic N) is 2. The quantitative estimate of drug-likeness (QED) is 0.843. The third-order valence-corrected chi connectivity index (χ3v) is 3.24. The molecule has 2 rings (SSSR count). The Kier molecular flexibility index (Phi) is 5.18. The Labute approximate surface area is 120 Å². The molecule has 1 N–H and O–H groups in total. The number of benzene rings is 1. The molecular weight excluding hydrogens is 250 g/mol. The van der Waals surface area contributed by atoms with Crippen LogP contribution in [0.4, 0.5) is 0 Å². The summed E-state index contributed by atoms with van der Waals surface area (Å²) >= 11 is 0. The van der Waals surface area contributed by atoms with Gasteiger partial charge in [0.25, 0.3) is 0 Å². The molecule has 20 heavy (non-hydrogen) atoms. The van der Waals surface area contributed by atoms with Crippen LogP contribution in [0.15, 0.2) is 36.7 Å².